The zero-order chi connectivity index (χ0) is 23.7. The van der Waals surface area contributed by atoms with Crippen LogP contribution in [0.25, 0.3) is 5.57 Å². The van der Waals surface area contributed by atoms with Gasteiger partial charge in [0.05, 0.1) is 5.70 Å². The van der Waals surface area contributed by atoms with Gasteiger partial charge in [-0.3, -0.25) is 24.3 Å². The summed E-state index contributed by atoms with van der Waals surface area (Å²) in [5, 5.41) is 0.745. The van der Waals surface area contributed by atoms with Crippen LogP contribution in [0.5, 0.6) is 0 Å². The van der Waals surface area contributed by atoms with E-state index in [9.17, 15) is 14.4 Å². The molecule has 174 valence electrons. The van der Waals surface area contributed by atoms with Gasteiger partial charge in [-0.05, 0) is 67.0 Å². The molecule has 5 rings (SSSR count). The van der Waals surface area contributed by atoms with Crippen LogP contribution < -0.4 is 0 Å². The number of nitrogens with zero attached hydrogens (tertiary/aromatic N) is 3. The number of carbonyl (C=O) groups excluding carboxylic acids is 3. The monoisotopic (exact) mass is 475 g/mol. The highest BCUT2D eigenvalue weighted by Gasteiger charge is 2.29. The Morgan fingerprint density at radius 3 is 2.53 bits per heavy atom. The molecular formula is C27H26ClN3O3. The number of carbonyl (C=O) groups is 3. The van der Waals surface area contributed by atoms with Crippen LogP contribution in [-0.2, 0) is 20.8 Å². The van der Waals surface area contributed by atoms with Crippen molar-refractivity contribution < 1.29 is 14.4 Å². The van der Waals surface area contributed by atoms with Gasteiger partial charge in [0.15, 0.2) is 0 Å². The first-order chi connectivity index (χ1) is 16.5. The Hall–Kier alpha value is -3.25. The van der Waals surface area contributed by atoms with Crippen LogP contribution >= 0.6 is 11.6 Å². The number of aliphatic imine (C=N–C) groups is 1. The van der Waals surface area contributed by atoms with Crippen LogP contribution in [0.3, 0.4) is 0 Å². The van der Waals surface area contributed by atoms with Crippen molar-refractivity contribution in [3.8, 4) is 0 Å². The molecule has 0 atom stereocenters. The van der Waals surface area contributed by atoms with Gasteiger partial charge in [-0.2, -0.15) is 0 Å². The normalized spacial score (nSPS) is 20.0. The van der Waals surface area contributed by atoms with Gasteiger partial charge in [0.2, 0.25) is 5.91 Å². The maximum atomic E-state index is 12.8. The fourth-order valence-electron chi connectivity index (χ4n) is 5.12. The molecule has 0 saturated carbocycles. The predicted octanol–water partition coefficient (Wildman–Crippen LogP) is 4.26. The van der Waals surface area contributed by atoms with E-state index in [0.29, 0.717) is 13.1 Å². The molecular weight excluding hydrogens is 450 g/mol. The van der Waals surface area contributed by atoms with Crippen molar-refractivity contribution in [1.29, 1.82) is 0 Å². The van der Waals surface area contributed by atoms with Gasteiger partial charge in [-0.25, -0.2) is 0 Å². The van der Waals surface area contributed by atoms with E-state index >= 15 is 0 Å². The standard InChI is InChI=1S/C27H26ClN3O3/c28-21-6-7-22-20(17-21)5-4-19-3-1-2-13-29-27(19)26(22)18-10-14-30(15-11-18)23(32)12-16-31-24(33)8-9-25(31)34/h1-2,6-9,13,17H,3-5,10-12,14-16H2. The minimum absolute atomic E-state index is 0.0267. The van der Waals surface area contributed by atoms with Crippen molar-refractivity contribution >= 4 is 41.1 Å². The second kappa shape index (κ2) is 9.55. The van der Waals surface area contributed by atoms with Crippen LogP contribution in [0.15, 0.2) is 64.3 Å². The second-order valence-corrected chi connectivity index (χ2v) is 9.37. The molecule has 1 aliphatic carbocycles. The maximum Gasteiger partial charge on any atom is 0.253 e. The fraction of sp³-hybridized carbons (Fsp3) is 0.333. The minimum atomic E-state index is -0.349. The quantitative estimate of drug-likeness (QED) is 0.613. The van der Waals surface area contributed by atoms with Gasteiger partial charge in [-0.15, -0.1) is 0 Å². The first-order valence-electron chi connectivity index (χ1n) is 11.7. The maximum absolute atomic E-state index is 12.8. The highest BCUT2D eigenvalue weighted by atomic mass is 35.5. The molecule has 3 heterocycles. The Labute approximate surface area is 204 Å². The lowest BCUT2D eigenvalue weighted by Gasteiger charge is -2.31. The SMILES string of the molecule is O=C(CCN1C(=O)C=CC1=O)N1CCC(=C2C3=C(CC=CC=N3)CCc3cc(Cl)ccc32)CC1. The summed E-state index contributed by atoms with van der Waals surface area (Å²) in [5.74, 6) is -0.725. The fourth-order valence-corrected chi connectivity index (χ4v) is 5.31. The second-order valence-electron chi connectivity index (χ2n) is 8.93. The van der Waals surface area contributed by atoms with E-state index in [1.807, 2.05) is 23.3 Å². The summed E-state index contributed by atoms with van der Waals surface area (Å²) >= 11 is 6.33. The van der Waals surface area contributed by atoms with E-state index in [1.54, 1.807) is 0 Å². The molecule has 0 radical (unpaired) electrons. The van der Waals surface area contributed by atoms with Crippen molar-refractivity contribution in [3.63, 3.8) is 0 Å². The summed E-state index contributed by atoms with van der Waals surface area (Å²) < 4.78 is 0. The molecule has 1 aromatic carbocycles. The van der Waals surface area contributed by atoms with Crippen molar-refractivity contribution in [2.24, 2.45) is 4.99 Å². The minimum Gasteiger partial charge on any atom is -0.342 e. The number of hydrogen-bond donors (Lipinski definition) is 0. The summed E-state index contributed by atoms with van der Waals surface area (Å²) in [6.45, 7) is 1.36. The molecule has 0 bridgehead atoms. The Bertz CT molecular complexity index is 1190. The highest BCUT2D eigenvalue weighted by molar-refractivity contribution is 6.30. The van der Waals surface area contributed by atoms with E-state index in [2.05, 4.69) is 18.2 Å². The third-order valence-electron chi connectivity index (χ3n) is 6.92. The van der Waals surface area contributed by atoms with Crippen LogP contribution in [0, 0.1) is 0 Å². The lowest BCUT2D eigenvalue weighted by Crippen LogP contribution is -2.39. The molecule has 7 heteroatoms. The topological polar surface area (TPSA) is 70.1 Å². The molecule has 1 saturated heterocycles. The summed E-state index contributed by atoms with van der Waals surface area (Å²) in [5.41, 5.74) is 7.36. The number of amides is 3. The number of imide groups is 1. The van der Waals surface area contributed by atoms with Crippen LogP contribution in [0.4, 0.5) is 0 Å². The summed E-state index contributed by atoms with van der Waals surface area (Å²) in [4.78, 5) is 44.1. The first-order valence-corrected chi connectivity index (χ1v) is 12.1. The average Bonchev–Trinajstić information content (AvgIpc) is 2.99. The van der Waals surface area contributed by atoms with Gasteiger partial charge in [0, 0.05) is 55.0 Å². The van der Waals surface area contributed by atoms with Crippen molar-refractivity contribution in [2.45, 2.75) is 38.5 Å². The lowest BCUT2D eigenvalue weighted by atomic mass is 9.88. The molecule has 1 aromatic rings. The smallest absolute Gasteiger partial charge is 0.253 e. The largest absolute Gasteiger partial charge is 0.342 e. The average molecular weight is 476 g/mol. The molecule has 3 aliphatic heterocycles. The molecule has 0 aromatic heterocycles. The van der Waals surface area contributed by atoms with Crippen LogP contribution in [-0.4, -0.2) is 53.4 Å². The summed E-state index contributed by atoms with van der Waals surface area (Å²) in [6, 6.07) is 6.12. The molecule has 1 fully saturated rings. The number of piperidine rings is 1. The van der Waals surface area contributed by atoms with Gasteiger partial charge in [-0.1, -0.05) is 29.3 Å². The molecule has 34 heavy (non-hydrogen) atoms. The van der Waals surface area contributed by atoms with Crippen molar-refractivity contribution in [1.82, 2.24) is 9.80 Å². The van der Waals surface area contributed by atoms with Crippen molar-refractivity contribution in [3.05, 3.63) is 75.5 Å². The Balaban J connectivity index is 1.37. The van der Waals surface area contributed by atoms with E-state index in [0.717, 1.165) is 47.7 Å². The zero-order valence-corrected chi connectivity index (χ0v) is 19.7. The molecule has 0 spiro atoms. The number of allylic oxidation sites excluding steroid dienone is 4. The third kappa shape index (κ3) is 4.42. The van der Waals surface area contributed by atoms with E-state index in [1.165, 1.54) is 40.0 Å². The van der Waals surface area contributed by atoms with Crippen LogP contribution in [0.1, 0.15) is 43.2 Å². The van der Waals surface area contributed by atoms with Gasteiger partial charge in [0.25, 0.3) is 11.8 Å². The molecule has 0 N–H and O–H groups in total. The number of rotatable bonds is 3. The number of halogens is 1. The molecule has 4 aliphatic rings. The molecule has 6 nitrogen and oxygen atoms in total. The number of aryl methyl sites for hydroxylation is 1. The number of likely N-dealkylation sites (tertiary alicyclic amines) is 1. The zero-order valence-electron chi connectivity index (χ0n) is 18.9. The highest BCUT2D eigenvalue weighted by Crippen LogP contribution is 2.41. The number of fused-ring (bicyclic) bond motifs is 1. The Kier molecular flexibility index (Phi) is 6.33. The summed E-state index contributed by atoms with van der Waals surface area (Å²) in [6.07, 6.45) is 13.0. The van der Waals surface area contributed by atoms with E-state index < -0.39 is 0 Å². The first kappa shape index (κ1) is 22.5. The van der Waals surface area contributed by atoms with Gasteiger partial charge < -0.3 is 4.90 Å². The van der Waals surface area contributed by atoms with Crippen LogP contribution in [0.2, 0.25) is 5.02 Å². The Morgan fingerprint density at radius 2 is 1.76 bits per heavy atom. The van der Waals surface area contributed by atoms with Gasteiger partial charge >= 0.3 is 0 Å². The van der Waals surface area contributed by atoms with E-state index in [4.69, 9.17) is 16.6 Å². The predicted molar refractivity (Wildman–Crippen MR) is 132 cm³/mol. The third-order valence-corrected chi connectivity index (χ3v) is 7.15. The van der Waals surface area contributed by atoms with E-state index in [-0.39, 0.29) is 30.7 Å². The Morgan fingerprint density at radius 1 is 1.00 bits per heavy atom. The number of benzene rings is 1. The summed E-state index contributed by atoms with van der Waals surface area (Å²) in [7, 11) is 0. The lowest BCUT2D eigenvalue weighted by molar-refractivity contribution is -0.138. The van der Waals surface area contributed by atoms with Crippen molar-refractivity contribution in [2.75, 3.05) is 19.6 Å². The van der Waals surface area contributed by atoms with Gasteiger partial charge in [0.1, 0.15) is 0 Å². The number of hydrogen-bond acceptors (Lipinski definition) is 4. The molecule has 0 unspecified atom stereocenters. The molecule has 3 amide bonds.